The number of carbonyl (C=O) groups excluding carboxylic acids is 1. The van der Waals surface area contributed by atoms with Crippen LogP contribution >= 0.6 is 0 Å². The molecule has 0 aromatic carbocycles. The van der Waals surface area contributed by atoms with Crippen LogP contribution in [0.15, 0.2) is 0 Å². The molecule has 1 fully saturated rings. The molecule has 0 saturated heterocycles. The summed E-state index contributed by atoms with van der Waals surface area (Å²) in [6, 6.07) is -0.183. The van der Waals surface area contributed by atoms with Gasteiger partial charge < -0.3 is 26.4 Å². The van der Waals surface area contributed by atoms with Crippen molar-refractivity contribution in [2.45, 2.75) is 37.3 Å². The largest absolute Gasteiger partial charge is 0.394 e. The van der Waals surface area contributed by atoms with Crippen molar-refractivity contribution < 1.29 is 20.1 Å². The molecule has 1 aliphatic carbocycles. The maximum absolute atomic E-state index is 12.0. The summed E-state index contributed by atoms with van der Waals surface area (Å²) in [5.74, 6) is -0.595. The molecule has 0 spiro atoms. The predicted octanol–water partition coefficient (Wildman–Crippen LogP) is -1.66. The fraction of sp³-hybridized carbons (Fsp3) is 0.909. The van der Waals surface area contributed by atoms with Crippen LogP contribution in [0.3, 0.4) is 0 Å². The van der Waals surface area contributed by atoms with Gasteiger partial charge in [-0.25, -0.2) is 0 Å². The van der Waals surface area contributed by atoms with E-state index in [0.717, 1.165) is 19.3 Å². The average molecular weight is 246 g/mol. The van der Waals surface area contributed by atoms with Crippen LogP contribution in [0.5, 0.6) is 0 Å². The number of rotatable bonds is 5. The van der Waals surface area contributed by atoms with Gasteiger partial charge in [0.2, 0.25) is 5.91 Å². The number of nitrogens with one attached hydrogen (secondary N) is 1. The zero-order valence-corrected chi connectivity index (χ0v) is 9.93. The highest BCUT2D eigenvalue weighted by Crippen LogP contribution is 2.23. The van der Waals surface area contributed by atoms with Gasteiger partial charge in [0, 0.05) is 6.04 Å². The summed E-state index contributed by atoms with van der Waals surface area (Å²) in [4.78, 5) is 12.0. The molecule has 0 aromatic heterocycles. The van der Waals surface area contributed by atoms with Crippen LogP contribution in [-0.4, -0.2) is 52.6 Å². The number of nitrogens with two attached hydrogens (primary N) is 1. The van der Waals surface area contributed by atoms with Gasteiger partial charge in [-0.3, -0.25) is 4.79 Å². The summed E-state index contributed by atoms with van der Waals surface area (Å²) in [6.45, 7) is -1.52. The van der Waals surface area contributed by atoms with Gasteiger partial charge >= 0.3 is 0 Å². The Labute approximate surface area is 101 Å². The lowest BCUT2D eigenvalue weighted by Crippen LogP contribution is -2.59. The van der Waals surface area contributed by atoms with E-state index in [1.54, 1.807) is 0 Å². The first-order valence-corrected chi connectivity index (χ1v) is 5.99. The second kappa shape index (κ2) is 6.30. The van der Waals surface area contributed by atoms with E-state index in [9.17, 15) is 4.79 Å². The van der Waals surface area contributed by atoms with Gasteiger partial charge in [-0.05, 0) is 12.8 Å². The maximum Gasteiger partial charge on any atom is 0.225 e. The van der Waals surface area contributed by atoms with E-state index in [0.29, 0.717) is 6.42 Å². The number of hydrogen-bond donors (Lipinski definition) is 5. The van der Waals surface area contributed by atoms with Crippen LogP contribution in [0.25, 0.3) is 0 Å². The molecular weight excluding hydrogens is 224 g/mol. The van der Waals surface area contributed by atoms with Crippen molar-refractivity contribution in [1.82, 2.24) is 5.32 Å². The minimum absolute atomic E-state index is 0.183. The Morgan fingerprint density at radius 1 is 1.18 bits per heavy atom. The lowest BCUT2D eigenvalue weighted by molar-refractivity contribution is -0.130. The second-order valence-corrected chi connectivity index (χ2v) is 4.80. The summed E-state index contributed by atoms with van der Waals surface area (Å²) >= 11 is 0. The first-order valence-electron chi connectivity index (χ1n) is 5.99. The molecule has 6 heteroatoms. The smallest absolute Gasteiger partial charge is 0.225 e. The third kappa shape index (κ3) is 3.38. The fourth-order valence-corrected chi connectivity index (χ4v) is 2.11. The molecule has 6 nitrogen and oxygen atoms in total. The highest BCUT2D eigenvalue weighted by atomic mass is 16.3. The Morgan fingerprint density at radius 2 is 1.71 bits per heavy atom. The van der Waals surface area contributed by atoms with Gasteiger partial charge in [0.1, 0.15) is 5.54 Å². The Bertz CT molecular complexity index is 248. The van der Waals surface area contributed by atoms with Crippen molar-refractivity contribution in [2.24, 2.45) is 11.7 Å². The summed E-state index contributed by atoms with van der Waals surface area (Å²) in [5.41, 5.74) is 4.52. The molecule has 6 N–H and O–H groups in total. The third-order valence-electron chi connectivity index (χ3n) is 3.45. The van der Waals surface area contributed by atoms with Gasteiger partial charge in [0.15, 0.2) is 0 Å². The fourth-order valence-electron chi connectivity index (χ4n) is 2.11. The SMILES string of the molecule is NC1CCCCC1C(=O)NC(CO)(CO)CO. The molecule has 0 aromatic rings. The zero-order chi connectivity index (χ0) is 12.9. The zero-order valence-electron chi connectivity index (χ0n) is 9.93. The standard InChI is InChI=1S/C11H22N2O4/c12-9-4-2-1-3-8(9)10(17)13-11(5-14,6-15)7-16/h8-9,14-16H,1-7,12H2,(H,13,17). The Balaban J connectivity index is 2.63. The molecule has 1 amide bonds. The van der Waals surface area contributed by atoms with Crippen molar-refractivity contribution in [2.75, 3.05) is 19.8 Å². The van der Waals surface area contributed by atoms with E-state index in [1.165, 1.54) is 0 Å². The number of aliphatic hydroxyl groups excluding tert-OH is 3. The topological polar surface area (TPSA) is 116 Å². The Morgan fingerprint density at radius 3 is 2.18 bits per heavy atom. The number of amides is 1. The Hall–Kier alpha value is -0.690. The highest BCUT2D eigenvalue weighted by molar-refractivity contribution is 5.80. The molecule has 2 unspecified atom stereocenters. The maximum atomic E-state index is 12.0. The molecule has 100 valence electrons. The van der Waals surface area contributed by atoms with Crippen LogP contribution in [0.1, 0.15) is 25.7 Å². The molecule has 17 heavy (non-hydrogen) atoms. The van der Waals surface area contributed by atoms with E-state index in [-0.39, 0.29) is 17.9 Å². The normalized spacial score (nSPS) is 25.6. The highest BCUT2D eigenvalue weighted by Gasteiger charge is 2.35. The molecule has 0 bridgehead atoms. The quantitative estimate of drug-likeness (QED) is 0.398. The minimum atomic E-state index is -1.35. The summed E-state index contributed by atoms with van der Waals surface area (Å²) < 4.78 is 0. The monoisotopic (exact) mass is 246 g/mol. The molecule has 1 rings (SSSR count). The van der Waals surface area contributed by atoms with Crippen LogP contribution in [0.2, 0.25) is 0 Å². The van der Waals surface area contributed by atoms with Crippen molar-refractivity contribution in [3.63, 3.8) is 0 Å². The number of carbonyl (C=O) groups is 1. The summed E-state index contributed by atoms with van der Waals surface area (Å²) in [7, 11) is 0. The van der Waals surface area contributed by atoms with Crippen molar-refractivity contribution in [1.29, 1.82) is 0 Å². The molecule has 0 aliphatic heterocycles. The predicted molar refractivity (Wildman–Crippen MR) is 62.1 cm³/mol. The van der Waals surface area contributed by atoms with E-state index in [2.05, 4.69) is 5.32 Å². The molecule has 2 atom stereocenters. The summed E-state index contributed by atoms with van der Waals surface area (Å²) in [6.07, 6.45) is 3.50. The van der Waals surface area contributed by atoms with Crippen LogP contribution < -0.4 is 11.1 Å². The van der Waals surface area contributed by atoms with Crippen molar-refractivity contribution in [3.8, 4) is 0 Å². The minimum Gasteiger partial charge on any atom is -0.394 e. The average Bonchev–Trinajstić information content (AvgIpc) is 2.36. The third-order valence-corrected chi connectivity index (χ3v) is 3.45. The molecule has 1 aliphatic rings. The van der Waals surface area contributed by atoms with E-state index < -0.39 is 25.4 Å². The second-order valence-electron chi connectivity index (χ2n) is 4.80. The molecule has 1 saturated carbocycles. The summed E-state index contributed by atoms with van der Waals surface area (Å²) in [5, 5.41) is 29.9. The van der Waals surface area contributed by atoms with E-state index in [4.69, 9.17) is 21.1 Å². The van der Waals surface area contributed by atoms with Gasteiger partial charge in [0.05, 0.1) is 25.7 Å². The van der Waals surface area contributed by atoms with Crippen LogP contribution in [0, 0.1) is 5.92 Å². The number of hydrogen-bond acceptors (Lipinski definition) is 5. The van der Waals surface area contributed by atoms with E-state index in [1.807, 2.05) is 0 Å². The van der Waals surface area contributed by atoms with Gasteiger partial charge in [-0.1, -0.05) is 12.8 Å². The lowest BCUT2D eigenvalue weighted by atomic mass is 9.84. The van der Waals surface area contributed by atoms with Crippen molar-refractivity contribution >= 4 is 5.91 Å². The van der Waals surface area contributed by atoms with Crippen LogP contribution in [-0.2, 0) is 4.79 Å². The van der Waals surface area contributed by atoms with Gasteiger partial charge in [-0.2, -0.15) is 0 Å². The lowest BCUT2D eigenvalue weighted by Gasteiger charge is -2.34. The van der Waals surface area contributed by atoms with Gasteiger partial charge in [0.25, 0.3) is 0 Å². The molecule has 0 radical (unpaired) electrons. The van der Waals surface area contributed by atoms with E-state index >= 15 is 0 Å². The first kappa shape index (κ1) is 14.4. The molecular formula is C11H22N2O4. The van der Waals surface area contributed by atoms with Gasteiger partial charge in [-0.15, -0.1) is 0 Å². The first-order chi connectivity index (χ1) is 8.08. The molecule has 0 heterocycles. The number of aliphatic hydroxyl groups is 3. The Kier molecular flexibility index (Phi) is 5.32. The van der Waals surface area contributed by atoms with Crippen molar-refractivity contribution in [3.05, 3.63) is 0 Å². The van der Waals surface area contributed by atoms with Crippen LogP contribution in [0.4, 0.5) is 0 Å².